The minimum atomic E-state index is -4.60. The number of carbonyl (C=O) groups is 1. The van der Waals surface area contributed by atoms with Crippen molar-refractivity contribution in [3.8, 4) is 0 Å². The number of rotatable bonds is 21. The third kappa shape index (κ3) is 26.6. The number of hydrogen-bond donors (Lipinski definition) is 4. The summed E-state index contributed by atoms with van der Waals surface area (Å²) in [4.78, 5) is 28.8. The van der Waals surface area contributed by atoms with Crippen molar-refractivity contribution in [1.82, 2.24) is 5.32 Å². The zero-order valence-corrected chi connectivity index (χ0v) is 21.0. The second-order valence-corrected chi connectivity index (χ2v) is 9.17. The zero-order chi connectivity index (χ0) is 24.6. The van der Waals surface area contributed by atoms with Crippen LogP contribution in [0.5, 0.6) is 0 Å². The van der Waals surface area contributed by atoms with Gasteiger partial charge in [-0.2, -0.15) is 0 Å². The third-order valence-electron chi connectivity index (χ3n) is 4.70. The summed E-state index contributed by atoms with van der Waals surface area (Å²) in [6.45, 7) is 1.60. The van der Waals surface area contributed by atoms with Gasteiger partial charge in [0, 0.05) is 13.0 Å². The molecule has 0 aliphatic carbocycles. The number of phosphoric acid groups is 1. The topological polar surface area (TPSA) is 116 Å². The van der Waals surface area contributed by atoms with Crippen molar-refractivity contribution in [2.45, 2.75) is 90.1 Å². The average Bonchev–Trinajstić information content (AvgIpc) is 2.77. The van der Waals surface area contributed by atoms with Gasteiger partial charge >= 0.3 is 7.82 Å². The Bertz CT molecular complexity index is 639. The molecule has 0 fully saturated rings. The molecular weight excluding hydrogens is 441 g/mol. The van der Waals surface area contributed by atoms with Gasteiger partial charge in [-0.15, -0.1) is 0 Å². The van der Waals surface area contributed by atoms with E-state index in [1.54, 1.807) is 0 Å². The summed E-state index contributed by atoms with van der Waals surface area (Å²) < 4.78 is 14.7. The molecule has 0 aromatic heterocycles. The Hall–Kier alpha value is -1.50. The smallest absolute Gasteiger partial charge is 0.389 e. The van der Waals surface area contributed by atoms with Crippen molar-refractivity contribution in [3.05, 3.63) is 48.6 Å². The first-order valence-corrected chi connectivity index (χ1v) is 13.6. The van der Waals surface area contributed by atoms with Gasteiger partial charge in [0.25, 0.3) is 0 Å². The lowest BCUT2D eigenvalue weighted by atomic mass is 10.1. The van der Waals surface area contributed by atoms with Gasteiger partial charge in [-0.25, -0.2) is 4.57 Å². The molecule has 7 nitrogen and oxygen atoms in total. The quantitative estimate of drug-likeness (QED) is 0.0969. The van der Waals surface area contributed by atoms with Crippen molar-refractivity contribution in [2.24, 2.45) is 0 Å². The highest BCUT2D eigenvalue weighted by atomic mass is 31.2. The summed E-state index contributed by atoms with van der Waals surface area (Å²) in [5.41, 5.74) is 0. The molecule has 0 aromatic carbocycles. The molecule has 1 unspecified atom stereocenters. The number of carbonyl (C=O) groups excluding carboxylic acids is 1. The van der Waals surface area contributed by atoms with E-state index in [2.05, 4.69) is 65.4 Å². The van der Waals surface area contributed by atoms with Crippen LogP contribution in [0.2, 0.25) is 0 Å². The largest absolute Gasteiger partial charge is 0.469 e. The summed E-state index contributed by atoms with van der Waals surface area (Å²) in [6, 6.07) is 0. The number of aliphatic hydroxyl groups excluding tert-OH is 1. The Kier molecular flexibility index (Phi) is 21.3. The molecule has 0 bridgehead atoms. The van der Waals surface area contributed by atoms with Crippen LogP contribution in [0.4, 0.5) is 0 Å². The Morgan fingerprint density at radius 2 is 1.36 bits per heavy atom. The lowest BCUT2D eigenvalue weighted by Gasteiger charge is -2.12. The molecule has 0 radical (unpaired) electrons. The van der Waals surface area contributed by atoms with Crippen LogP contribution in [0.1, 0.15) is 84.0 Å². The van der Waals surface area contributed by atoms with Crippen molar-refractivity contribution in [3.63, 3.8) is 0 Å². The van der Waals surface area contributed by atoms with E-state index < -0.39 is 20.5 Å². The SMILES string of the molecule is CCCCC/C=C\C/C=C\C/C=C\C/C=C\CCCCCC(=O)NCC(O)COP(=O)(O)O. The zero-order valence-electron chi connectivity index (χ0n) is 20.1. The maximum absolute atomic E-state index is 11.7. The van der Waals surface area contributed by atoms with Crippen LogP contribution >= 0.6 is 7.82 Å². The standard InChI is InChI=1S/C25H44NO6P/c1-2-3-4-5-6-7-8-9-10-11-12-13-14-15-16-17-18-19-20-21-25(28)26-22-24(27)23-32-33(29,30)31/h6-7,9-10,12-13,15-16,24,27H,2-5,8,11,14,17-23H2,1H3,(H,26,28)(H2,29,30,31)/b7-6-,10-9-,13-12-,16-15-. The molecule has 0 saturated carbocycles. The van der Waals surface area contributed by atoms with Crippen LogP contribution in [0.15, 0.2) is 48.6 Å². The van der Waals surface area contributed by atoms with Gasteiger partial charge in [0.2, 0.25) is 5.91 Å². The number of unbranched alkanes of at least 4 members (excludes halogenated alkanes) is 6. The molecule has 0 spiro atoms. The predicted octanol–water partition coefficient (Wildman–Crippen LogP) is 5.50. The van der Waals surface area contributed by atoms with Crippen LogP contribution in [0, 0.1) is 0 Å². The molecule has 0 aliphatic heterocycles. The highest BCUT2D eigenvalue weighted by molar-refractivity contribution is 7.46. The average molecular weight is 486 g/mol. The van der Waals surface area contributed by atoms with Crippen molar-refractivity contribution < 1.29 is 28.8 Å². The van der Waals surface area contributed by atoms with E-state index in [1.807, 2.05) is 0 Å². The molecule has 8 heteroatoms. The first-order valence-electron chi connectivity index (χ1n) is 12.1. The summed E-state index contributed by atoms with van der Waals surface area (Å²) >= 11 is 0. The summed E-state index contributed by atoms with van der Waals surface area (Å²) in [6.07, 6.45) is 28.5. The summed E-state index contributed by atoms with van der Waals surface area (Å²) in [5.74, 6) is -0.192. The van der Waals surface area contributed by atoms with E-state index >= 15 is 0 Å². The maximum Gasteiger partial charge on any atom is 0.469 e. The Balaban J connectivity index is 3.54. The predicted molar refractivity (Wildman–Crippen MR) is 135 cm³/mol. The van der Waals surface area contributed by atoms with E-state index in [0.717, 1.165) is 44.9 Å². The number of hydrogen-bond acceptors (Lipinski definition) is 4. The van der Waals surface area contributed by atoms with Gasteiger partial charge < -0.3 is 20.2 Å². The van der Waals surface area contributed by atoms with Gasteiger partial charge in [0.15, 0.2) is 0 Å². The molecular formula is C25H44NO6P. The second kappa shape index (κ2) is 22.3. The molecule has 33 heavy (non-hydrogen) atoms. The molecule has 0 rings (SSSR count). The number of aliphatic hydroxyl groups is 1. The van der Waals surface area contributed by atoms with Gasteiger partial charge in [-0.1, -0.05) is 74.8 Å². The fourth-order valence-corrected chi connectivity index (χ4v) is 3.21. The fraction of sp³-hybridized carbons (Fsp3) is 0.640. The van der Waals surface area contributed by atoms with E-state index in [0.29, 0.717) is 6.42 Å². The Labute approximate surface area is 199 Å². The summed E-state index contributed by atoms with van der Waals surface area (Å²) in [5, 5.41) is 12.0. The maximum atomic E-state index is 11.7. The van der Waals surface area contributed by atoms with Crippen LogP contribution in [-0.4, -0.2) is 40.1 Å². The van der Waals surface area contributed by atoms with Crippen molar-refractivity contribution in [1.29, 1.82) is 0 Å². The molecule has 190 valence electrons. The van der Waals surface area contributed by atoms with E-state index in [1.165, 1.54) is 25.7 Å². The fourth-order valence-electron chi connectivity index (χ4n) is 2.85. The van der Waals surface area contributed by atoms with Crippen LogP contribution < -0.4 is 5.32 Å². The number of phosphoric ester groups is 1. The van der Waals surface area contributed by atoms with Gasteiger partial charge in [0.05, 0.1) is 12.7 Å². The van der Waals surface area contributed by atoms with Crippen LogP contribution in [-0.2, 0) is 13.9 Å². The van der Waals surface area contributed by atoms with Gasteiger partial charge in [-0.3, -0.25) is 9.32 Å². The number of amides is 1. The Morgan fingerprint density at radius 1 is 0.848 bits per heavy atom. The molecule has 0 aliphatic rings. The van der Waals surface area contributed by atoms with Crippen LogP contribution in [0.3, 0.4) is 0 Å². The molecule has 0 saturated heterocycles. The first-order chi connectivity index (χ1) is 15.8. The molecule has 0 heterocycles. The van der Waals surface area contributed by atoms with Crippen molar-refractivity contribution in [2.75, 3.05) is 13.2 Å². The van der Waals surface area contributed by atoms with E-state index in [4.69, 9.17) is 9.79 Å². The minimum absolute atomic E-state index is 0.0962. The first kappa shape index (κ1) is 31.5. The lowest BCUT2D eigenvalue weighted by Crippen LogP contribution is -2.34. The van der Waals surface area contributed by atoms with Crippen LogP contribution in [0.25, 0.3) is 0 Å². The number of allylic oxidation sites excluding steroid dienone is 8. The van der Waals surface area contributed by atoms with Gasteiger partial charge in [-0.05, 0) is 51.4 Å². The number of nitrogens with one attached hydrogen (secondary N) is 1. The van der Waals surface area contributed by atoms with E-state index in [-0.39, 0.29) is 12.5 Å². The highest BCUT2D eigenvalue weighted by Gasteiger charge is 2.17. The highest BCUT2D eigenvalue weighted by Crippen LogP contribution is 2.35. The lowest BCUT2D eigenvalue weighted by molar-refractivity contribution is -0.121. The molecule has 4 N–H and O–H groups in total. The Morgan fingerprint density at radius 3 is 1.88 bits per heavy atom. The minimum Gasteiger partial charge on any atom is -0.389 e. The van der Waals surface area contributed by atoms with E-state index in [9.17, 15) is 14.5 Å². The summed E-state index contributed by atoms with van der Waals surface area (Å²) in [7, 11) is -4.60. The second-order valence-electron chi connectivity index (χ2n) is 7.93. The molecule has 1 atom stereocenters. The van der Waals surface area contributed by atoms with Crippen molar-refractivity contribution >= 4 is 13.7 Å². The molecule has 1 amide bonds. The normalized spacial score (nSPS) is 13.7. The monoisotopic (exact) mass is 485 g/mol. The third-order valence-corrected chi connectivity index (χ3v) is 5.19. The van der Waals surface area contributed by atoms with Gasteiger partial charge in [0.1, 0.15) is 0 Å². The molecule has 0 aromatic rings.